The molecule has 0 N–H and O–H groups in total. The maximum Gasteiger partial charge on any atom is 0.0893 e. The maximum absolute atomic E-state index is 4.86. The van der Waals surface area contributed by atoms with Crippen molar-refractivity contribution < 1.29 is 0 Å². The molecule has 0 saturated heterocycles. The molecule has 0 fully saturated rings. The molecule has 306 valence electrons. The molecule has 0 aliphatic carbocycles. The van der Waals surface area contributed by atoms with Gasteiger partial charge in [-0.2, -0.15) is 0 Å². The minimum absolute atomic E-state index is 0.767. The second kappa shape index (κ2) is 19.2. The van der Waals surface area contributed by atoms with Gasteiger partial charge in [0.15, 0.2) is 0 Å². The molecule has 6 nitrogen and oxygen atoms in total. The standard InChI is InChI=1S/C60H36N6/c1-4-13-49(14-5-1)52-19-10-22-58(64-52)55-34-31-43(40-61-55)25-28-46-37-47(29-26-44-32-35-56(62-41-44)59-23-11-20-53(65-59)50-15-6-2-7-16-50)39-48(38-46)30-27-45-33-36-57(63-42-45)60-24-12-21-54(66-60)51-17-8-3-9-18-51/h1-24,31-42H. The van der Waals surface area contributed by atoms with Gasteiger partial charge in [0, 0.05) is 68.7 Å². The van der Waals surface area contributed by atoms with Crippen molar-refractivity contribution in [2.75, 3.05) is 0 Å². The smallest absolute Gasteiger partial charge is 0.0893 e. The summed E-state index contributed by atoms with van der Waals surface area (Å²) in [5, 5.41) is 0. The van der Waals surface area contributed by atoms with Crippen LogP contribution in [0.1, 0.15) is 33.4 Å². The molecule has 66 heavy (non-hydrogen) atoms. The van der Waals surface area contributed by atoms with Gasteiger partial charge in [0.05, 0.1) is 51.2 Å². The monoisotopic (exact) mass is 840 g/mol. The predicted molar refractivity (Wildman–Crippen MR) is 263 cm³/mol. The summed E-state index contributed by atoms with van der Waals surface area (Å²) in [6, 6.07) is 65.9. The zero-order chi connectivity index (χ0) is 44.3. The fourth-order valence-corrected chi connectivity index (χ4v) is 7.18. The SMILES string of the molecule is C(#Cc1cc(C#Cc2ccc(-c3cccc(-c4ccccc4)n3)nc2)cc(C#Cc2ccc(-c3cccc(-c4ccccc4)n3)nc2)c1)c1ccc(-c2cccc(-c3ccccc3)n2)nc1. The molecule has 0 radical (unpaired) electrons. The third-order valence-electron chi connectivity index (χ3n) is 10.5. The van der Waals surface area contributed by atoms with Gasteiger partial charge in [0.2, 0.25) is 0 Å². The van der Waals surface area contributed by atoms with E-state index < -0.39 is 0 Å². The Labute approximate surface area is 383 Å². The van der Waals surface area contributed by atoms with Crippen LogP contribution in [0.15, 0.2) is 219 Å². The van der Waals surface area contributed by atoms with Crippen LogP contribution < -0.4 is 0 Å². The highest BCUT2D eigenvalue weighted by Gasteiger charge is 2.08. The van der Waals surface area contributed by atoms with Crippen LogP contribution >= 0.6 is 0 Å². The van der Waals surface area contributed by atoms with Crippen LogP contribution in [-0.4, -0.2) is 29.9 Å². The molecular weight excluding hydrogens is 805 g/mol. The Bertz CT molecular complexity index is 3110. The van der Waals surface area contributed by atoms with E-state index in [1.807, 2.05) is 164 Å². The average molecular weight is 841 g/mol. The quantitative estimate of drug-likeness (QED) is 0.155. The fraction of sp³-hybridized carbons (Fsp3) is 0. The molecule has 0 saturated carbocycles. The number of hydrogen-bond acceptors (Lipinski definition) is 6. The zero-order valence-corrected chi connectivity index (χ0v) is 35.5. The minimum Gasteiger partial charge on any atom is -0.253 e. The van der Waals surface area contributed by atoms with Crippen LogP contribution in [0.25, 0.3) is 67.9 Å². The first-order valence-corrected chi connectivity index (χ1v) is 21.3. The Kier molecular flexibility index (Phi) is 11.8. The molecule has 10 rings (SSSR count). The van der Waals surface area contributed by atoms with Crippen LogP contribution in [-0.2, 0) is 0 Å². The molecule has 0 bridgehead atoms. The van der Waals surface area contributed by atoms with Crippen molar-refractivity contribution in [2.24, 2.45) is 0 Å². The number of nitrogens with zero attached hydrogens (tertiary/aromatic N) is 6. The van der Waals surface area contributed by atoms with E-state index >= 15 is 0 Å². The van der Waals surface area contributed by atoms with E-state index in [-0.39, 0.29) is 0 Å². The summed E-state index contributed by atoms with van der Waals surface area (Å²) in [7, 11) is 0. The van der Waals surface area contributed by atoms with Gasteiger partial charge in [0.25, 0.3) is 0 Å². The lowest BCUT2D eigenvalue weighted by Crippen LogP contribution is -1.91. The minimum atomic E-state index is 0.767. The summed E-state index contributed by atoms with van der Waals surface area (Å²) in [5.41, 5.74) is 15.2. The highest BCUT2D eigenvalue weighted by atomic mass is 14.8. The van der Waals surface area contributed by atoms with Gasteiger partial charge in [0.1, 0.15) is 0 Å². The molecular formula is C60H36N6. The first kappa shape index (κ1) is 40.5. The van der Waals surface area contributed by atoms with Gasteiger partial charge in [-0.15, -0.1) is 0 Å². The molecule has 0 spiro atoms. The van der Waals surface area contributed by atoms with Gasteiger partial charge in [-0.3, -0.25) is 15.0 Å². The van der Waals surface area contributed by atoms with Crippen molar-refractivity contribution in [3.8, 4) is 103 Å². The summed E-state index contributed by atoms with van der Waals surface area (Å²) in [6.45, 7) is 0. The zero-order valence-electron chi connectivity index (χ0n) is 35.5. The first-order valence-electron chi connectivity index (χ1n) is 21.3. The largest absolute Gasteiger partial charge is 0.253 e. The number of pyridine rings is 6. The van der Waals surface area contributed by atoms with Crippen LogP contribution in [0.2, 0.25) is 0 Å². The van der Waals surface area contributed by atoms with Gasteiger partial charge < -0.3 is 0 Å². The number of aromatic nitrogens is 6. The second-order valence-electron chi connectivity index (χ2n) is 15.2. The van der Waals surface area contributed by atoms with Crippen LogP contribution in [0.4, 0.5) is 0 Å². The molecule has 6 aromatic heterocycles. The highest BCUT2D eigenvalue weighted by molar-refractivity contribution is 5.67. The molecule has 4 aromatic carbocycles. The molecule has 0 aliphatic rings. The van der Waals surface area contributed by atoms with Crippen molar-refractivity contribution in [1.82, 2.24) is 29.9 Å². The maximum atomic E-state index is 4.86. The molecule has 6 heteroatoms. The first-order chi connectivity index (χ1) is 32.6. The van der Waals surface area contributed by atoms with Gasteiger partial charge in [-0.25, -0.2) is 15.0 Å². The van der Waals surface area contributed by atoms with E-state index in [1.165, 1.54) is 0 Å². The lowest BCUT2D eigenvalue weighted by Gasteiger charge is -2.04. The molecule has 0 unspecified atom stereocenters. The van der Waals surface area contributed by atoms with E-state index in [9.17, 15) is 0 Å². The van der Waals surface area contributed by atoms with Crippen LogP contribution in [0, 0.1) is 35.5 Å². The van der Waals surface area contributed by atoms with Gasteiger partial charge in [-0.05, 0) is 91.0 Å². The lowest BCUT2D eigenvalue weighted by atomic mass is 10.0. The Morgan fingerprint density at radius 3 is 0.758 bits per heavy atom. The fourth-order valence-electron chi connectivity index (χ4n) is 7.18. The third-order valence-corrected chi connectivity index (χ3v) is 10.5. The second-order valence-corrected chi connectivity index (χ2v) is 15.2. The Morgan fingerprint density at radius 2 is 0.485 bits per heavy atom. The number of benzene rings is 4. The van der Waals surface area contributed by atoms with Crippen molar-refractivity contribution in [3.05, 3.63) is 252 Å². The summed E-state index contributed by atoms with van der Waals surface area (Å²) in [4.78, 5) is 28.7. The Hall–Kier alpha value is -9.54. The number of hydrogen-bond donors (Lipinski definition) is 0. The Morgan fingerprint density at radius 1 is 0.212 bits per heavy atom. The van der Waals surface area contributed by atoms with E-state index in [1.54, 1.807) is 18.6 Å². The van der Waals surface area contributed by atoms with Crippen molar-refractivity contribution in [3.63, 3.8) is 0 Å². The lowest BCUT2D eigenvalue weighted by molar-refractivity contribution is 1.24. The third kappa shape index (κ3) is 9.89. The topological polar surface area (TPSA) is 77.3 Å². The summed E-state index contributed by atoms with van der Waals surface area (Å²) in [6.07, 6.45) is 5.33. The van der Waals surface area contributed by atoms with Gasteiger partial charge in [-0.1, -0.05) is 145 Å². The summed E-state index contributed by atoms with van der Waals surface area (Å²) in [5.74, 6) is 19.9. The van der Waals surface area contributed by atoms with E-state index in [0.717, 1.165) is 101 Å². The molecule has 0 aliphatic heterocycles. The van der Waals surface area contributed by atoms with Crippen molar-refractivity contribution in [1.29, 1.82) is 0 Å². The van der Waals surface area contributed by atoms with Crippen molar-refractivity contribution >= 4 is 0 Å². The van der Waals surface area contributed by atoms with Gasteiger partial charge >= 0.3 is 0 Å². The van der Waals surface area contributed by atoms with E-state index in [2.05, 4.69) is 71.9 Å². The van der Waals surface area contributed by atoms with E-state index in [0.29, 0.717) is 0 Å². The molecule has 6 heterocycles. The average Bonchev–Trinajstić information content (AvgIpc) is 3.40. The van der Waals surface area contributed by atoms with Crippen molar-refractivity contribution in [2.45, 2.75) is 0 Å². The Balaban J connectivity index is 0.919. The highest BCUT2D eigenvalue weighted by Crippen LogP contribution is 2.24. The normalized spacial score (nSPS) is 10.4. The number of rotatable bonds is 6. The molecule has 10 aromatic rings. The van der Waals surface area contributed by atoms with Crippen LogP contribution in [0.5, 0.6) is 0 Å². The molecule has 0 amide bonds. The predicted octanol–water partition coefficient (Wildman–Crippen LogP) is 12.3. The summed E-state index contributed by atoms with van der Waals surface area (Å²) < 4.78 is 0. The van der Waals surface area contributed by atoms with E-state index in [4.69, 9.17) is 29.9 Å². The molecule has 0 atom stereocenters. The van der Waals surface area contributed by atoms with Crippen LogP contribution in [0.3, 0.4) is 0 Å². The summed E-state index contributed by atoms with van der Waals surface area (Å²) >= 11 is 0.